The summed E-state index contributed by atoms with van der Waals surface area (Å²) in [6, 6.07) is 0. The van der Waals surface area contributed by atoms with Crippen LogP contribution in [0.4, 0.5) is 0 Å². The van der Waals surface area contributed by atoms with Gasteiger partial charge < -0.3 is 5.11 Å². The Bertz CT molecular complexity index is 587. The molecule has 7 nitrogen and oxygen atoms in total. The second-order valence-corrected chi connectivity index (χ2v) is 4.63. The Labute approximate surface area is 110 Å². The number of hydrogen-bond acceptors (Lipinski definition) is 4. The minimum atomic E-state index is -0.988. The summed E-state index contributed by atoms with van der Waals surface area (Å²) in [5, 5.41) is 19.5. The Kier molecular flexibility index (Phi) is 3.66. The van der Waals surface area contributed by atoms with Crippen LogP contribution >= 0.6 is 0 Å². The first kappa shape index (κ1) is 13.3. The first-order chi connectivity index (χ1) is 8.99. The molecule has 2 rings (SSSR count). The number of aromatic nitrogens is 4. The molecular weight excluding hydrogens is 246 g/mol. The molecule has 2 aromatic rings. The van der Waals surface area contributed by atoms with Gasteiger partial charge in [0.1, 0.15) is 5.69 Å². The standard InChI is InChI=1S/C12H17N5O2/c1-8-9(5-14-17(8)3)6-16(2)7-10-4-13-15-11(10)12(18)19/h4-5H,6-7H2,1-3H3,(H,13,15)(H,18,19). The molecule has 102 valence electrons. The quantitative estimate of drug-likeness (QED) is 0.832. The van der Waals surface area contributed by atoms with E-state index in [0.717, 1.165) is 11.3 Å². The van der Waals surface area contributed by atoms with Gasteiger partial charge in [-0.2, -0.15) is 10.2 Å². The molecule has 0 aromatic carbocycles. The predicted molar refractivity (Wildman–Crippen MR) is 68.7 cm³/mol. The van der Waals surface area contributed by atoms with Gasteiger partial charge in [-0.15, -0.1) is 0 Å². The number of aryl methyl sites for hydroxylation is 1. The fourth-order valence-corrected chi connectivity index (χ4v) is 1.95. The lowest BCUT2D eigenvalue weighted by molar-refractivity contribution is 0.0688. The van der Waals surface area contributed by atoms with Crippen LogP contribution in [0.25, 0.3) is 0 Å². The number of carboxylic acids is 1. The molecular formula is C12H17N5O2. The summed E-state index contributed by atoms with van der Waals surface area (Å²) >= 11 is 0. The van der Waals surface area contributed by atoms with E-state index in [9.17, 15) is 4.79 Å². The average Bonchev–Trinajstić information content (AvgIpc) is 2.91. The predicted octanol–water partition coefficient (Wildman–Crippen LogP) is 0.782. The number of hydrogen-bond donors (Lipinski definition) is 2. The first-order valence-corrected chi connectivity index (χ1v) is 5.90. The Balaban J connectivity index is 2.05. The Morgan fingerprint density at radius 2 is 2.11 bits per heavy atom. The number of carboxylic acid groups (broad SMARTS) is 1. The average molecular weight is 263 g/mol. The Morgan fingerprint density at radius 3 is 2.68 bits per heavy atom. The molecule has 0 bridgehead atoms. The van der Waals surface area contributed by atoms with Crippen molar-refractivity contribution in [3.63, 3.8) is 0 Å². The number of H-pyrrole nitrogens is 1. The van der Waals surface area contributed by atoms with Crippen molar-refractivity contribution < 1.29 is 9.90 Å². The fourth-order valence-electron chi connectivity index (χ4n) is 1.95. The van der Waals surface area contributed by atoms with Crippen LogP contribution in [0.3, 0.4) is 0 Å². The molecule has 0 fully saturated rings. The highest BCUT2D eigenvalue weighted by Crippen LogP contribution is 2.12. The van der Waals surface area contributed by atoms with Crippen molar-refractivity contribution in [2.45, 2.75) is 20.0 Å². The van der Waals surface area contributed by atoms with Gasteiger partial charge in [0.2, 0.25) is 0 Å². The Morgan fingerprint density at radius 1 is 1.42 bits per heavy atom. The summed E-state index contributed by atoms with van der Waals surface area (Å²) in [6.45, 7) is 3.24. The van der Waals surface area contributed by atoms with Crippen LogP contribution in [0.1, 0.15) is 27.3 Å². The van der Waals surface area contributed by atoms with Gasteiger partial charge >= 0.3 is 5.97 Å². The molecule has 0 aliphatic heterocycles. The van der Waals surface area contributed by atoms with E-state index < -0.39 is 5.97 Å². The zero-order chi connectivity index (χ0) is 14.0. The van der Waals surface area contributed by atoms with Gasteiger partial charge in [0.15, 0.2) is 0 Å². The van der Waals surface area contributed by atoms with Crippen LogP contribution in [-0.2, 0) is 20.1 Å². The van der Waals surface area contributed by atoms with Gasteiger partial charge in [-0.3, -0.25) is 14.7 Å². The number of nitrogens with zero attached hydrogens (tertiary/aromatic N) is 4. The molecule has 0 aliphatic carbocycles. The van der Waals surface area contributed by atoms with Crippen LogP contribution in [-0.4, -0.2) is 43.0 Å². The number of aromatic amines is 1. The summed E-state index contributed by atoms with van der Waals surface area (Å²) in [4.78, 5) is 13.0. The van der Waals surface area contributed by atoms with Crippen molar-refractivity contribution in [1.82, 2.24) is 24.9 Å². The van der Waals surface area contributed by atoms with E-state index in [1.165, 1.54) is 0 Å². The van der Waals surface area contributed by atoms with Crippen LogP contribution in [0.2, 0.25) is 0 Å². The van der Waals surface area contributed by atoms with E-state index in [1.807, 2.05) is 36.8 Å². The molecule has 0 saturated heterocycles. The number of rotatable bonds is 5. The van der Waals surface area contributed by atoms with E-state index in [4.69, 9.17) is 5.11 Å². The summed E-state index contributed by atoms with van der Waals surface area (Å²) in [5.41, 5.74) is 3.06. The van der Waals surface area contributed by atoms with E-state index in [-0.39, 0.29) is 5.69 Å². The summed E-state index contributed by atoms with van der Waals surface area (Å²) < 4.78 is 1.82. The fraction of sp³-hybridized carbons (Fsp3) is 0.417. The Hall–Kier alpha value is -2.15. The molecule has 2 N–H and O–H groups in total. The normalized spacial score (nSPS) is 11.2. The molecule has 0 saturated carbocycles. The lowest BCUT2D eigenvalue weighted by atomic mass is 10.2. The highest BCUT2D eigenvalue weighted by atomic mass is 16.4. The summed E-state index contributed by atoms with van der Waals surface area (Å²) in [6.07, 6.45) is 3.38. The third-order valence-electron chi connectivity index (χ3n) is 3.15. The molecule has 0 unspecified atom stereocenters. The van der Waals surface area contributed by atoms with Gasteiger partial charge in [-0.05, 0) is 14.0 Å². The van der Waals surface area contributed by atoms with Gasteiger partial charge in [0.25, 0.3) is 0 Å². The van der Waals surface area contributed by atoms with Crippen LogP contribution in [0.5, 0.6) is 0 Å². The lowest BCUT2D eigenvalue weighted by Crippen LogP contribution is -2.19. The molecule has 2 aromatic heterocycles. The SMILES string of the molecule is Cc1c(CN(C)Cc2cn[nH]c2C(=O)O)cnn1C. The highest BCUT2D eigenvalue weighted by Gasteiger charge is 2.15. The van der Waals surface area contributed by atoms with Crippen molar-refractivity contribution in [3.05, 3.63) is 34.9 Å². The van der Waals surface area contributed by atoms with Crippen molar-refractivity contribution >= 4 is 5.97 Å². The minimum absolute atomic E-state index is 0.148. The monoisotopic (exact) mass is 263 g/mol. The van der Waals surface area contributed by atoms with E-state index in [2.05, 4.69) is 15.3 Å². The van der Waals surface area contributed by atoms with Gasteiger partial charge in [0, 0.05) is 37.0 Å². The zero-order valence-corrected chi connectivity index (χ0v) is 11.2. The molecule has 0 radical (unpaired) electrons. The van der Waals surface area contributed by atoms with E-state index in [1.54, 1.807) is 6.20 Å². The second-order valence-electron chi connectivity index (χ2n) is 4.63. The van der Waals surface area contributed by atoms with Gasteiger partial charge in [-0.25, -0.2) is 4.79 Å². The molecule has 0 atom stereocenters. The maximum absolute atomic E-state index is 11.0. The van der Waals surface area contributed by atoms with Crippen LogP contribution in [0.15, 0.2) is 12.4 Å². The van der Waals surface area contributed by atoms with Crippen molar-refractivity contribution in [3.8, 4) is 0 Å². The number of carbonyl (C=O) groups is 1. The molecule has 0 amide bonds. The minimum Gasteiger partial charge on any atom is -0.477 e. The van der Waals surface area contributed by atoms with Crippen LogP contribution in [0, 0.1) is 6.92 Å². The van der Waals surface area contributed by atoms with Gasteiger partial charge in [0.05, 0.1) is 12.4 Å². The van der Waals surface area contributed by atoms with E-state index >= 15 is 0 Å². The molecule has 19 heavy (non-hydrogen) atoms. The van der Waals surface area contributed by atoms with Gasteiger partial charge in [-0.1, -0.05) is 0 Å². The highest BCUT2D eigenvalue weighted by molar-refractivity contribution is 5.86. The van der Waals surface area contributed by atoms with Crippen molar-refractivity contribution in [1.29, 1.82) is 0 Å². The molecule has 0 aliphatic rings. The number of nitrogens with one attached hydrogen (secondary N) is 1. The molecule has 7 heteroatoms. The third-order valence-corrected chi connectivity index (χ3v) is 3.15. The topological polar surface area (TPSA) is 87.0 Å². The van der Waals surface area contributed by atoms with Crippen molar-refractivity contribution in [2.75, 3.05) is 7.05 Å². The molecule has 2 heterocycles. The van der Waals surface area contributed by atoms with E-state index in [0.29, 0.717) is 18.7 Å². The second kappa shape index (κ2) is 5.23. The zero-order valence-electron chi connectivity index (χ0n) is 11.2. The lowest BCUT2D eigenvalue weighted by Gasteiger charge is -2.15. The smallest absolute Gasteiger partial charge is 0.354 e. The third kappa shape index (κ3) is 2.82. The largest absolute Gasteiger partial charge is 0.477 e. The maximum Gasteiger partial charge on any atom is 0.354 e. The summed E-state index contributed by atoms with van der Waals surface area (Å²) in [7, 11) is 3.84. The molecule has 0 spiro atoms. The van der Waals surface area contributed by atoms with Crippen LogP contribution < -0.4 is 0 Å². The number of aromatic carboxylic acids is 1. The van der Waals surface area contributed by atoms with Crippen molar-refractivity contribution in [2.24, 2.45) is 7.05 Å². The maximum atomic E-state index is 11.0. The first-order valence-electron chi connectivity index (χ1n) is 5.90. The summed E-state index contributed by atoms with van der Waals surface area (Å²) in [5.74, 6) is -0.988.